The molecular weight excluding hydrogens is 360 g/mol. The van der Waals surface area contributed by atoms with E-state index in [0.29, 0.717) is 0 Å². The topological polar surface area (TPSA) is 0 Å². The van der Waals surface area contributed by atoms with Gasteiger partial charge < -0.3 is 0 Å². The highest BCUT2D eigenvalue weighted by Crippen LogP contribution is 2.28. The van der Waals surface area contributed by atoms with Crippen LogP contribution in [0.4, 0.5) is 0 Å². The monoisotopic (exact) mass is 384 g/mol. The molecule has 0 aromatic heterocycles. The molecule has 6 rings (SSSR count). The molecule has 0 aliphatic heterocycles. The van der Waals surface area contributed by atoms with Crippen LogP contribution in [0.1, 0.15) is 11.1 Å². The highest BCUT2D eigenvalue weighted by Gasteiger charge is 2.02. The van der Waals surface area contributed by atoms with E-state index in [1.165, 1.54) is 54.2 Å². The van der Waals surface area contributed by atoms with Crippen molar-refractivity contribution in [3.63, 3.8) is 0 Å². The van der Waals surface area contributed by atoms with Gasteiger partial charge in [0, 0.05) is 0 Å². The van der Waals surface area contributed by atoms with Crippen LogP contribution in [0.5, 0.6) is 0 Å². The van der Waals surface area contributed by atoms with Gasteiger partial charge in [0.15, 0.2) is 0 Å². The summed E-state index contributed by atoms with van der Waals surface area (Å²) in [6.07, 6.45) is 0. The lowest BCUT2D eigenvalue weighted by atomic mass is 9.98. The summed E-state index contributed by atoms with van der Waals surface area (Å²) in [5.41, 5.74) is 2.76. The highest BCUT2D eigenvalue weighted by molar-refractivity contribution is 6.02. The fraction of sp³-hybridized carbons (Fsp3) is 0.0667. The zero-order valence-corrected chi connectivity index (χ0v) is 17.4. The van der Waals surface area contributed by atoms with E-state index in [2.05, 4.69) is 123 Å². The third-order valence-corrected chi connectivity index (χ3v) is 6.08. The van der Waals surface area contributed by atoms with E-state index in [1.54, 1.807) is 0 Å². The van der Waals surface area contributed by atoms with Crippen LogP contribution in [0.2, 0.25) is 0 Å². The van der Waals surface area contributed by atoms with Crippen LogP contribution >= 0.6 is 0 Å². The molecule has 0 bridgehead atoms. The van der Waals surface area contributed by atoms with Gasteiger partial charge >= 0.3 is 0 Å². The summed E-state index contributed by atoms with van der Waals surface area (Å²) in [5, 5.41) is 10.7. The molecule has 0 atom stereocenters. The Balaban J connectivity index is 0.000000128. The van der Waals surface area contributed by atoms with Crippen LogP contribution in [0.25, 0.3) is 43.1 Å². The SMILES string of the molecule is Cc1c2ccccc2cc2ccccc12.Cc1c2ccccc2cc2ccccc12. The van der Waals surface area contributed by atoms with E-state index in [4.69, 9.17) is 0 Å². The Bertz CT molecular complexity index is 1280. The summed E-state index contributed by atoms with van der Waals surface area (Å²) in [7, 11) is 0. The first-order valence-corrected chi connectivity index (χ1v) is 10.5. The van der Waals surface area contributed by atoms with Gasteiger partial charge in [0.2, 0.25) is 0 Å². The molecule has 6 aromatic rings. The van der Waals surface area contributed by atoms with Gasteiger partial charge in [-0.1, -0.05) is 97.1 Å². The summed E-state index contributed by atoms with van der Waals surface area (Å²) in [6, 6.07) is 38.8. The lowest BCUT2D eigenvalue weighted by molar-refractivity contribution is 1.58. The average molecular weight is 385 g/mol. The lowest BCUT2D eigenvalue weighted by Crippen LogP contribution is -1.81. The molecule has 0 unspecified atom stereocenters. The van der Waals surface area contributed by atoms with Gasteiger partial charge in [-0.2, -0.15) is 0 Å². The summed E-state index contributed by atoms with van der Waals surface area (Å²) in [6.45, 7) is 4.40. The Morgan fingerprint density at radius 1 is 0.333 bits per heavy atom. The van der Waals surface area contributed by atoms with Gasteiger partial charge in [-0.05, 0) is 80.2 Å². The molecule has 0 amide bonds. The Morgan fingerprint density at radius 3 is 0.833 bits per heavy atom. The normalized spacial score (nSPS) is 11.0. The quantitative estimate of drug-likeness (QED) is 0.230. The Kier molecular flexibility index (Phi) is 4.69. The molecule has 0 aliphatic carbocycles. The minimum Gasteiger partial charge on any atom is -0.0616 e. The summed E-state index contributed by atoms with van der Waals surface area (Å²) in [5.74, 6) is 0. The van der Waals surface area contributed by atoms with Crippen molar-refractivity contribution in [3.8, 4) is 0 Å². The number of hydrogen-bond donors (Lipinski definition) is 0. The number of hydrogen-bond acceptors (Lipinski definition) is 0. The van der Waals surface area contributed by atoms with E-state index in [0.717, 1.165) is 0 Å². The van der Waals surface area contributed by atoms with Crippen molar-refractivity contribution in [1.82, 2.24) is 0 Å². The van der Waals surface area contributed by atoms with Gasteiger partial charge in [-0.25, -0.2) is 0 Å². The van der Waals surface area contributed by atoms with Gasteiger partial charge in [-0.3, -0.25) is 0 Å². The molecular formula is C30H24. The molecule has 0 aliphatic rings. The van der Waals surface area contributed by atoms with E-state index in [-0.39, 0.29) is 0 Å². The standard InChI is InChI=1S/2C15H12/c2*1-11-14-8-4-2-6-12(14)10-13-7-3-5-9-15(11)13/h2*2-10H,1H3. The molecule has 0 fully saturated rings. The summed E-state index contributed by atoms with van der Waals surface area (Å²) < 4.78 is 0. The van der Waals surface area contributed by atoms with Crippen molar-refractivity contribution in [3.05, 3.63) is 120 Å². The second-order valence-corrected chi connectivity index (χ2v) is 7.89. The number of benzene rings is 6. The van der Waals surface area contributed by atoms with Crippen LogP contribution in [0, 0.1) is 13.8 Å². The Labute approximate surface area is 177 Å². The molecule has 0 spiro atoms. The van der Waals surface area contributed by atoms with Crippen LogP contribution in [0.15, 0.2) is 109 Å². The predicted octanol–water partition coefficient (Wildman–Crippen LogP) is 8.60. The first-order chi connectivity index (χ1) is 14.7. The van der Waals surface area contributed by atoms with Crippen LogP contribution in [-0.2, 0) is 0 Å². The molecule has 0 saturated carbocycles. The largest absolute Gasteiger partial charge is 0.0616 e. The van der Waals surface area contributed by atoms with Crippen LogP contribution < -0.4 is 0 Å². The fourth-order valence-corrected chi connectivity index (χ4v) is 4.48. The van der Waals surface area contributed by atoms with Crippen molar-refractivity contribution >= 4 is 43.1 Å². The fourth-order valence-electron chi connectivity index (χ4n) is 4.48. The zero-order valence-electron chi connectivity index (χ0n) is 17.4. The minimum atomic E-state index is 1.33. The number of rotatable bonds is 0. The molecule has 0 nitrogen and oxygen atoms in total. The smallest absolute Gasteiger partial charge is 0.0148 e. The first-order valence-electron chi connectivity index (χ1n) is 10.5. The maximum absolute atomic E-state index is 2.26. The van der Waals surface area contributed by atoms with Gasteiger partial charge in [0.25, 0.3) is 0 Å². The molecule has 0 heterocycles. The Morgan fingerprint density at radius 2 is 0.567 bits per heavy atom. The number of aryl methyl sites for hydroxylation is 2. The predicted molar refractivity (Wildman–Crippen MR) is 132 cm³/mol. The minimum absolute atomic E-state index is 1.33. The maximum Gasteiger partial charge on any atom is -0.0148 e. The molecule has 6 aromatic carbocycles. The van der Waals surface area contributed by atoms with Gasteiger partial charge in [0.05, 0.1) is 0 Å². The van der Waals surface area contributed by atoms with E-state index >= 15 is 0 Å². The van der Waals surface area contributed by atoms with Crippen LogP contribution in [0.3, 0.4) is 0 Å². The molecule has 0 N–H and O–H groups in total. The van der Waals surface area contributed by atoms with Gasteiger partial charge in [0.1, 0.15) is 0 Å². The number of fused-ring (bicyclic) bond motifs is 4. The molecule has 0 heteroatoms. The molecule has 0 saturated heterocycles. The highest BCUT2D eigenvalue weighted by atomic mass is 14.1. The summed E-state index contributed by atoms with van der Waals surface area (Å²) >= 11 is 0. The van der Waals surface area contributed by atoms with Crippen molar-refractivity contribution < 1.29 is 0 Å². The summed E-state index contributed by atoms with van der Waals surface area (Å²) in [4.78, 5) is 0. The average Bonchev–Trinajstić information content (AvgIpc) is 2.80. The van der Waals surface area contributed by atoms with E-state index in [1.807, 2.05) is 0 Å². The lowest BCUT2D eigenvalue weighted by Gasteiger charge is -2.06. The third kappa shape index (κ3) is 3.21. The maximum atomic E-state index is 2.26. The second-order valence-electron chi connectivity index (χ2n) is 7.89. The van der Waals surface area contributed by atoms with Crippen LogP contribution in [-0.4, -0.2) is 0 Å². The Hall–Kier alpha value is -3.64. The van der Waals surface area contributed by atoms with Crippen molar-refractivity contribution in [1.29, 1.82) is 0 Å². The third-order valence-electron chi connectivity index (χ3n) is 6.08. The molecule has 30 heavy (non-hydrogen) atoms. The van der Waals surface area contributed by atoms with E-state index < -0.39 is 0 Å². The second kappa shape index (κ2) is 7.65. The van der Waals surface area contributed by atoms with Crippen molar-refractivity contribution in [2.45, 2.75) is 13.8 Å². The van der Waals surface area contributed by atoms with Crippen molar-refractivity contribution in [2.24, 2.45) is 0 Å². The van der Waals surface area contributed by atoms with Gasteiger partial charge in [-0.15, -0.1) is 0 Å². The molecule has 0 radical (unpaired) electrons. The zero-order chi connectivity index (χ0) is 20.5. The van der Waals surface area contributed by atoms with E-state index in [9.17, 15) is 0 Å². The molecule has 144 valence electrons. The first kappa shape index (κ1) is 18.4. The van der Waals surface area contributed by atoms with Crippen molar-refractivity contribution in [2.75, 3.05) is 0 Å².